The zero-order valence-corrected chi connectivity index (χ0v) is 10.7. The van der Waals surface area contributed by atoms with Crippen molar-refractivity contribution in [2.24, 2.45) is 17.8 Å². The lowest BCUT2D eigenvalue weighted by atomic mass is 9.82. The van der Waals surface area contributed by atoms with E-state index in [-0.39, 0.29) is 30.4 Å². The maximum absolute atomic E-state index is 12.0. The fraction of sp³-hybridized carbons (Fsp3) is 0.923. The summed E-state index contributed by atoms with van der Waals surface area (Å²) in [6, 6.07) is -0.0909. The number of amides is 1. The molecular weight excluding hydrogens is 202 g/mol. The van der Waals surface area contributed by atoms with Gasteiger partial charge in [-0.1, -0.05) is 20.8 Å². The van der Waals surface area contributed by atoms with E-state index in [1.165, 1.54) is 0 Å². The Labute approximate surface area is 98.6 Å². The van der Waals surface area contributed by atoms with Crippen molar-refractivity contribution in [2.45, 2.75) is 52.5 Å². The highest BCUT2D eigenvalue weighted by Gasteiger charge is 2.26. The van der Waals surface area contributed by atoms with E-state index in [4.69, 9.17) is 0 Å². The van der Waals surface area contributed by atoms with Gasteiger partial charge in [-0.3, -0.25) is 4.79 Å². The Morgan fingerprint density at radius 3 is 2.31 bits per heavy atom. The lowest BCUT2D eigenvalue weighted by molar-refractivity contribution is -0.127. The maximum atomic E-state index is 12.0. The molecule has 1 rings (SSSR count). The minimum Gasteiger partial charge on any atom is -0.394 e. The van der Waals surface area contributed by atoms with Gasteiger partial charge in [-0.25, -0.2) is 0 Å². The number of carbonyl (C=O) groups excluding carboxylic acids is 1. The number of rotatable bonds is 4. The zero-order chi connectivity index (χ0) is 12.1. The van der Waals surface area contributed by atoms with Crippen molar-refractivity contribution in [3.8, 4) is 0 Å². The number of hydrogen-bond donors (Lipinski definition) is 2. The summed E-state index contributed by atoms with van der Waals surface area (Å²) >= 11 is 0. The molecule has 1 amide bonds. The monoisotopic (exact) mass is 227 g/mol. The molecule has 1 fully saturated rings. The highest BCUT2D eigenvalue weighted by atomic mass is 16.3. The summed E-state index contributed by atoms with van der Waals surface area (Å²) in [6.07, 6.45) is 4.32. The van der Waals surface area contributed by atoms with Crippen LogP contribution >= 0.6 is 0 Å². The standard InChI is InChI=1S/C13H25NO2/c1-9(2)12(8-15)14-13(16)11-6-4-10(3)5-7-11/h9-12,15H,4-8H2,1-3H3,(H,14,16)/t10?,11?,12-/m1/s1. The first-order valence-corrected chi connectivity index (χ1v) is 6.45. The average Bonchev–Trinajstić information content (AvgIpc) is 2.26. The van der Waals surface area contributed by atoms with Gasteiger partial charge in [0.1, 0.15) is 0 Å². The van der Waals surface area contributed by atoms with Crippen LogP contribution in [0.5, 0.6) is 0 Å². The molecule has 1 atom stereocenters. The molecule has 0 bridgehead atoms. The summed E-state index contributed by atoms with van der Waals surface area (Å²) in [7, 11) is 0. The molecule has 0 aromatic heterocycles. The van der Waals surface area contributed by atoms with E-state index in [1.54, 1.807) is 0 Å². The van der Waals surface area contributed by atoms with Crippen LogP contribution in [0.25, 0.3) is 0 Å². The molecule has 0 unspecified atom stereocenters. The van der Waals surface area contributed by atoms with Crippen molar-refractivity contribution >= 4 is 5.91 Å². The van der Waals surface area contributed by atoms with Gasteiger partial charge in [0.25, 0.3) is 0 Å². The van der Waals surface area contributed by atoms with Crippen LogP contribution in [-0.2, 0) is 4.79 Å². The summed E-state index contributed by atoms with van der Waals surface area (Å²) in [5.74, 6) is 1.36. The van der Waals surface area contributed by atoms with Crippen LogP contribution in [0.3, 0.4) is 0 Å². The highest BCUT2D eigenvalue weighted by Crippen LogP contribution is 2.28. The predicted octanol–water partition coefficient (Wildman–Crippen LogP) is 1.95. The van der Waals surface area contributed by atoms with Gasteiger partial charge in [-0.05, 0) is 37.5 Å². The Bertz CT molecular complexity index is 220. The quantitative estimate of drug-likeness (QED) is 0.771. The molecule has 16 heavy (non-hydrogen) atoms. The van der Waals surface area contributed by atoms with E-state index >= 15 is 0 Å². The fourth-order valence-corrected chi connectivity index (χ4v) is 2.25. The fourth-order valence-electron chi connectivity index (χ4n) is 2.25. The summed E-state index contributed by atoms with van der Waals surface area (Å²) in [4.78, 5) is 12.0. The molecule has 3 heteroatoms. The van der Waals surface area contributed by atoms with Crippen molar-refractivity contribution in [1.29, 1.82) is 0 Å². The van der Waals surface area contributed by atoms with Crippen LogP contribution < -0.4 is 5.32 Å². The second kappa shape index (κ2) is 6.24. The van der Waals surface area contributed by atoms with Gasteiger partial charge in [-0.15, -0.1) is 0 Å². The number of carbonyl (C=O) groups is 1. The predicted molar refractivity (Wildman–Crippen MR) is 65.0 cm³/mol. The van der Waals surface area contributed by atoms with E-state index in [9.17, 15) is 9.90 Å². The second-order valence-corrected chi connectivity index (χ2v) is 5.50. The van der Waals surface area contributed by atoms with Crippen molar-refractivity contribution in [3.05, 3.63) is 0 Å². The van der Waals surface area contributed by atoms with Crippen molar-refractivity contribution in [2.75, 3.05) is 6.61 Å². The summed E-state index contributed by atoms with van der Waals surface area (Å²) in [5, 5.41) is 12.1. The second-order valence-electron chi connectivity index (χ2n) is 5.50. The molecule has 0 radical (unpaired) electrons. The third-order valence-corrected chi connectivity index (χ3v) is 3.72. The summed E-state index contributed by atoms with van der Waals surface area (Å²) in [5.41, 5.74) is 0. The molecule has 94 valence electrons. The Hall–Kier alpha value is -0.570. The SMILES string of the molecule is CC1CCC(C(=O)N[C@H](CO)C(C)C)CC1. The van der Waals surface area contributed by atoms with E-state index in [0.29, 0.717) is 0 Å². The largest absolute Gasteiger partial charge is 0.394 e. The molecule has 1 aliphatic rings. The van der Waals surface area contributed by atoms with Crippen LogP contribution in [0.4, 0.5) is 0 Å². The van der Waals surface area contributed by atoms with Gasteiger partial charge in [0.05, 0.1) is 12.6 Å². The molecule has 0 aromatic carbocycles. The van der Waals surface area contributed by atoms with Gasteiger partial charge >= 0.3 is 0 Å². The molecule has 0 aromatic rings. The first-order valence-electron chi connectivity index (χ1n) is 6.45. The van der Waals surface area contributed by atoms with Gasteiger partial charge in [0, 0.05) is 5.92 Å². The molecule has 0 heterocycles. The van der Waals surface area contributed by atoms with E-state index < -0.39 is 0 Å². The van der Waals surface area contributed by atoms with Crippen LogP contribution in [0.15, 0.2) is 0 Å². The topological polar surface area (TPSA) is 49.3 Å². The van der Waals surface area contributed by atoms with E-state index in [2.05, 4.69) is 12.2 Å². The minimum atomic E-state index is -0.0909. The summed E-state index contributed by atoms with van der Waals surface area (Å²) < 4.78 is 0. The first-order chi connectivity index (χ1) is 7.54. The molecule has 1 aliphatic carbocycles. The van der Waals surface area contributed by atoms with E-state index in [0.717, 1.165) is 31.6 Å². The molecule has 3 nitrogen and oxygen atoms in total. The molecular formula is C13H25NO2. The van der Waals surface area contributed by atoms with Gasteiger partial charge < -0.3 is 10.4 Å². The van der Waals surface area contributed by atoms with Crippen LogP contribution in [0.1, 0.15) is 46.5 Å². The Kier molecular flexibility index (Phi) is 5.26. The highest BCUT2D eigenvalue weighted by molar-refractivity contribution is 5.79. The lowest BCUT2D eigenvalue weighted by Crippen LogP contribution is -2.44. The Balaban J connectivity index is 2.39. The zero-order valence-electron chi connectivity index (χ0n) is 10.7. The molecule has 0 aliphatic heterocycles. The normalized spacial score (nSPS) is 27.8. The van der Waals surface area contributed by atoms with Crippen molar-refractivity contribution in [1.82, 2.24) is 5.32 Å². The Morgan fingerprint density at radius 2 is 1.88 bits per heavy atom. The molecule has 2 N–H and O–H groups in total. The van der Waals surface area contributed by atoms with Crippen LogP contribution in [-0.4, -0.2) is 23.7 Å². The first kappa shape index (κ1) is 13.5. The molecule has 0 saturated heterocycles. The number of aliphatic hydroxyl groups is 1. The van der Waals surface area contributed by atoms with Crippen molar-refractivity contribution < 1.29 is 9.90 Å². The van der Waals surface area contributed by atoms with Gasteiger partial charge in [0.2, 0.25) is 5.91 Å². The molecule has 0 spiro atoms. The maximum Gasteiger partial charge on any atom is 0.223 e. The van der Waals surface area contributed by atoms with Crippen LogP contribution in [0, 0.1) is 17.8 Å². The Morgan fingerprint density at radius 1 is 1.31 bits per heavy atom. The number of nitrogens with one attached hydrogen (secondary N) is 1. The lowest BCUT2D eigenvalue weighted by Gasteiger charge is -2.28. The van der Waals surface area contributed by atoms with Gasteiger partial charge in [-0.2, -0.15) is 0 Å². The third kappa shape index (κ3) is 3.78. The van der Waals surface area contributed by atoms with Gasteiger partial charge in [0.15, 0.2) is 0 Å². The minimum absolute atomic E-state index is 0.0343. The third-order valence-electron chi connectivity index (χ3n) is 3.72. The summed E-state index contributed by atoms with van der Waals surface area (Å²) in [6.45, 7) is 6.32. The van der Waals surface area contributed by atoms with Crippen LogP contribution in [0.2, 0.25) is 0 Å². The van der Waals surface area contributed by atoms with E-state index in [1.807, 2.05) is 13.8 Å². The number of hydrogen-bond acceptors (Lipinski definition) is 2. The number of aliphatic hydroxyl groups excluding tert-OH is 1. The smallest absolute Gasteiger partial charge is 0.223 e. The molecule has 1 saturated carbocycles. The average molecular weight is 227 g/mol. The van der Waals surface area contributed by atoms with Crippen molar-refractivity contribution in [3.63, 3.8) is 0 Å².